The van der Waals surface area contributed by atoms with Gasteiger partial charge >= 0.3 is 6.18 Å². The van der Waals surface area contributed by atoms with Crippen molar-refractivity contribution in [2.75, 3.05) is 10.6 Å². The van der Waals surface area contributed by atoms with Gasteiger partial charge in [0.05, 0.1) is 17.2 Å². The van der Waals surface area contributed by atoms with E-state index < -0.39 is 35.2 Å². The molecule has 0 aliphatic heterocycles. The van der Waals surface area contributed by atoms with Gasteiger partial charge in [-0.15, -0.1) is 0 Å². The van der Waals surface area contributed by atoms with Crippen molar-refractivity contribution in [2.45, 2.75) is 6.18 Å². The van der Waals surface area contributed by atoms with E-state index in [1.54, 1.807) is 0 Å². The van der Waals surface area contributed by atoms with Crippen LogP contribution in [-0.2, 0) is 15.8 Å². The highest BCUT2D eigenvalue weighted by atomic mass is 19.4. The van der Waals surface area contributed by atoms with Crippen LogP contribution in [-0.4, -0.2) is 17.8 Å². The highest BCUT2D eigenvalue weighted by Gasteiger charge is 2.33. The lowest BCUT2D eigenvalue weighted by molar-refractivity contribution is -0.297. The molecule has 140 valence electrons. The van der Waals surface area contributed by atoms with Crippen LogP contribution in [0, 0.1) is 0 Å². The molecular weight excluding hydrogens is 365 g/mol. The van der Waals surface area contributed by atoms with E-state index in [1.807, 2.05) is 0 Å². The minimum Gasteiger partial charge on any atom is -0.545 e. The van der Waals surface area contributed by atoms with Crippen LogP contribution < -0.4 is 15.7 Å². The molecule has 0 fully saturated rings. The molecule has 0 aliphatic rings. The molecule has 0 bridgehead atoms. The number of para-hydroxylation sites is 1. The maximum atomic E-state index is 13.0. The summed E-state index contributed by atoms with van der Waals surface area (Å²) < 4.78 is 39.0. The zero-order valence-electron chi connectivity index (χ0n) is 13.5. The fourth-order valence-corrected chi connectivity index (χ4v) is 2.10. The second kappa shape index (κ2) is 8.17. The summed E-state index contributed by atoms with van der Waals surface area (Å²) in [4.78, 5) is 34.0. The van der Waals surface area contributed by atoms with E-state index in [0.29, 0.717) is 6.08 Å². The van der Waals surface area contributed by atoms with Crippen molar-refractivity contribution in [3.8, 4) is 0 Å². The first-order chi connectivity index (χ1) is 12.7. The second-order valence-electron chi connectivity index (χ2n) is 5.22. The maximum absolute atomic E-state index is 13.0. The lowest BCUT2D eigenvalue weighted by Gasteiger charge is -2.13. The fourth-order valence-electron chi connectivity index (χ4n) is 2.10. The Morgan fingerprint density at radius 2 is 1.63 bits per heavy atom. The summed E-state index contributed by atoms with van der Waals surface area (Å²) in [6.45, 7) is 0. The Balaban J connectivity index is 2.17. The number of alkyl halides is 3. The predicted molar refractivity (Wildman–Crippen MR) is 88.6 cm³/mol. The highest BCUT2D eigenvalue weighted by Crippen LogP contribution is 2.34. The van der Waals surface area contributed by atoms with Gasteiger partial charge in [-0.2, -0.15) is 13.2 Å². The van der Waals surface area contributed by atoms with E-state index in [-0.39, 0.29) is 11.3 Å². The zero-order valence-corrected chi connectivity index (χ0v) is 13.5. The number of carboxylic acids is 1. The molecule has 0 spiro atoms. The van der Waals surface area contributed by atoms with E-state index in [4.69, 9.17) is 0 Å². The van der Waals surface area contributed by atoms with Gasteiger partial charge in [0.15, 0.2) is 0 Å². The maximum Gasteiger partial charge on any atom is 0.418 e. The Hall–Kier alpha value is -3.62. The summed E-state index contributed by atoms with van der Waals surface area (Å²) in [6.07, 6.45) is -3.38. The number of hydrogen-bond donors (Lipinski definition) is 2. The topological polar surface area (TPSA) is 98.3 Å². The Bertz CT molecular complexity index is 907. The predicted octanol–water partition coefficient (Wildman–Crippen LogP) is 2.20. The minimum atomic E-state index is -4.63. The van der Waals surface area contributed by atoms with Gasteiger partial charge in [-0.25, -0.2) is 0 Å². The van der Waals surface area contributed by atoms with Gasteiger partial charge in [0.2, 0.25) is 5.91 Å². The molecule has 2 aromatic rings. The number of aliphatic carboxylic acids is 1. The number of hydrogen-bond acceptors (Lipinski definition) is 4. The van der Waals surface area contributed by atoms with Crippen LogP contribution in [0.5, 0.6) is 0 Å². The van der Waals surface area contributed by atoms with Crippen LogP contribution in [0.25, 0.3) is 0 Å². The lowest BCUT2D eigenvalue weighted by atomic mass is 10.1. The largest absolute Gasteiger partial charge is 0.545 e. The zero-order chi connectivity index (χ0) is 20.0. The Kier molecular flexibility index (Phi) is 5.96. The Morgan fingerprint density at radius 1 is 0.926 bits per heavy atom. The molecule has 0 saturated carbocycles. The van der Waals surface area contributed by atoms with Crippen molar-refractivity contribution in [1.82, 2.24) is 0 Å². The van der Waals surface area contributed by atoms with Crippen LogP contribution in [0.4, 0.5) is 24.5 Å². The van der Waals surface area contributed by atoms with Gasteiger partial charge in [-0.1, -0.05) is 18.2 Å². The van der Waals surface area contributed by atoms with E-state index in [2.05, 4.69) is 10.6 Å². The van der Waals surface area contributed by atoms with E-state index >= 15 is 0 Å². The van der Waals surface area contributed by atoms with Gasteiger partial charge in [0.25, 0.3) is 5.91 Å². The molecular formula is C18H12F3N2O4-. The summed E-state index contributed by atoms with van der Waals surface area (Å²) in [5.41, 5.74) is -1.25. The first-order valence-electron chi connectivity index (χ1n) is 7.44. The number of carbonyl (C=O) groups excluding carboxylic acids is 3. The lowest BCUT2D eigenvalue weighted by Crippen LogP contribution is -2.20. The molecule has 0 atom stereocenters. The molecule has 27 heavy (non-hydrogen) atoms. The van der Waals surface area contributed by atoms with Crippen molar-refractivity contribution in [3.63, 3.8) is 0 Å². The van der Waals surface area contributed by atoms with Crippen molar-refractivity contribution in [3.05, 3.63) is 71.8 Å². The smallest absolute Gasteiger partial charge is 0.418 e. The van der Waals surface area contributed by atoms with Crippen molar-refractivity contribution < 1.29 is 32.7 Å². The van der Waals surface area contributed by atoms with Crippen LogP contribution in [0.15, 0.2) is 60.7 Å². The number of anilines is 2. The molecule has 2 aromatic carbocycles. The van der Waals surface area contributed by atoms with Crippen molar-refractivity contribution in [2.24, 2.45) is 0 Å². The number of carboxylic acid groups (broad SMARTS) is 1. The van der Waals surface area contributed by atoms with Crippen LogP contribution in [0.3, 0.4) is 0 Å². The normalized spacial score (nSPS) is 11.2. The average molecular weight is 377 g/mol. The van der Waals surface area contributed by atoms with E-state index in [0.717, 1.165) is 18.2 Å². The fraction of sp³-hybridized carbons (Fsp3) is 0.0556. The molecule has 0 unspecified atom stereocenters. The molecule has 0 aliphatic carbocycles. The summed E-state index contributed by atoms with van der Waals surface area (Å²) in [5.74, 6) is -3.14. The summed E-state index contributed by atoms with van der Waals surface area (Å²) in [6, 6.07) is 9.93. The molecule has 9 heteroatoms. The monoisotopic (exact) mass is 377 g/mol. The van der Waals surface area contributed by atoms with Gasteiger partial charge in [-0.05, 0) is 36.4 Å². The van der Waals surface area contributed by atoms with Crippen LogP contribution in [0.1, 0.15) is 15.9 Å². The van der Waals surface area contributed by atoms with Crippen molar-refractivity contribution >= 4 is 29.2 Å². The van der Waals surface area contributed by atoms with Gasteiger partial charge < -0.3 is 20.5 Å². The summed E-state index contributed by atoms with van der Waals surface area (Å²) in [5, 5.41) is 14.8. The number of benzene rings is 2. The number of nitrogens with one attached hydrogen (secondary N) is 2. The number of amides is 2. The SMILES string of the molecule is O=C([O-])C=CC(=O)Nc1cccc(C(=O)Nc2ccccc2C(F)(F)F)c1. The van der Waals surface area contributed by atoms with Gasteiger partial charge in [0, 0.05) is 17.3 Å². The molecule has 2 amide bonds. The van der Waals surface area contributed by atoms with Crippen LogP contribution in [0.2, 0.25) is 0 Å². The molecule has 0 aromatic heterocycles. The average Bonchev–Trinajstić information content (AvgIpc) is 2.59. The molecule has 6 nitrogen and oxygen atoms in total. The third kappa shape index (κ3) is 5.70. The highest BCUT2D eigenvalue weighted by molar-refractivity contribution is 6.06. The first kappa shape index (κ1) is 19.7. The molecule has 0 radical (unpaired) electrons. The quantitative estimate of drug-likeness (QED) is 0.781. The number of carbonyl (C=O) groups is 3. The minimum absolute atomic E-state index is 0.00587. The Labute approximate surface area is 151 Å². The second-order valence-corrected chi connectivity index (χ2v) is 5.22. The van der Waals surface area contributed by atoms with E-state index in [1.165, 1.54) is 36.4 Å². The van der Waals surface area contributed by atoms with Gasteiger partial charge in [-0.3, -0.25) is 9.59 Å². The van der Waals surface area contributed by atoms with Crippen LogP contribution >= 0.6 is 0 Å². The third-order valence-corrected chi connectivity index (χ3v) is 3.24. The standard InChI is InChI=1S/C18H13F3N2O4/c19-18(20,21)13-6-1-2-7-14(13)23-17(27)11-4-3-5-12(10-11)22-15(24)8-9-16(25)26/h1-10H,(H,22,24)(H,23,27)(H,25,26)/p-1. The van der Waals surface area contributed by atoms with Gasteiger partial charge in [0.1, 0.15) is 0 Å². The van der Waals surface area contributed by atoms with E-state index in [9.17, 15) is 32.7 Å². The molecule has 0 heterocycles. The third-order valence-electron chi connectivity index (χ3n) is 3.24. The molecule has 0 saturated heterocycles. The molecule has 2 N–H and O–H groups in total. The Morgan fingerprint density at radius 3 is 2.30 bits per heavy atom. The number of rotatable bonds is 5. The summed E-state index contributed by atoms with van der Waals surface area (Å²) >= 11 is 0. The first-order valence-corrected chi connectivity index (χ1v) is 7.44. The summed E-state index contributed by atoms with van der Waals surface area (Å²) in [7, 11) is 0. The van der Waals surface area contributed by atoms with Crippen molar-refractivity contribution in [1.29, 1.82) is 0 Å². The molecule has 2 rings (SSSR count). The number of halogens is 3.